The standard InChI is InChI=1S/C33H33FN8O4S/c1-38(2)16-17-39(3)28-15-14-23(18-29(28)42(43)44)35-33-36-31(25-19-40(4)27-13-9-8-12-24(25)27)30-26(34)20-41(32(30)37-33)47(45,46)21-22-10-6-5-7-11-22/h5-15,18-20H,16-17,21H2,1-4H3,(H,35,36,37). The third kappa shape index (κ3) is 6.24. The Morgan fingerprint density at radius 2 is 1.68 bits per heavy atom. The Hall–Kier alpha value is -5.34. The van der Waals surface area contributed by atoms with Crippen LogP contribution in [0.4, 0.5) is 27.4 Å². The monoisotopic (exact) mass is 656 g/mol. The minimum absolute atomic E-state index is 0.0577. The first-order valence-electron chi connectivity index (χ1n) is 14.7. The summed E-state index contributed by atoms with van der Waals surface area (Å²) in [5.41, 5.74) is 2.58. The molecule has 0 amide bonds. The fourth-order valence-electron chi connectivity index (χ4n) is 5.57. The van der Waals surface area contributed by atoms with E-state index >= 15 is 4.39 Å². The van der Waals surface area contributed by atoms with E-state index in [1.807, 2.05) is 54.9 Å². The van der Waals surface area contributed by atoms with Gasteiger partial charge in [0.15, 0.2) is 11.5 Å². The van der Waals surface area contributed by atoms with E-state index in [1.165, 1.54) is 6.07 Å². The molecule has 3 aromatic heterocycles. The predicted octanol–water partition coefficient (Wildman–Crippen LogP) is 5.76. The van der Waals surface area contributed by atoms with Gasteiger partial charge >= 0.3 is 0 Å². The molecule has 0 saturated heterocycles. The van der Waals surface area contributed by atoms with E-state index < -0.39 is 20.8 Å². The van der Waals surface area contributed by atoms with Gasteiger partial charge in [-0.1, -0.05) is 48.5 Å². The summed E-state index contributed by atoms with van der Waals surface area (Å²) >= 11 is 0. The highest BCUT2D eigenvalue weighted by Gasteiger charge is 2.27. The molecule has 0 saturated carbocycles. The van der Waals surface area contributed by atoms with Crippen LogP contribution < -0.4 is 10.2 Å². The number of nitro groups is 1. The Kier molecular flexibility index (Phi) is 8.38. The summed E-state index contributed by atoms with van der Waals surface area (Å²) < 4.78 is 46.0. The smallest absolute Gasteiger partial charge is 0.294 e. The minimum Gasteiger partial charge on any atom is -0.368 e. The van der Waals surface area contributed by atoms with Crippen molar-refractivity contribution in [1.29, 1.82) is 0 Å². The van der Waals surface area contributed by atoms with Crippen LogP contribution in [0, 0.1) is 15.9 Å². The van der Waals surface area contributed by atoms with Gasteiger partial charge in [-0.2, -0.15) is 4.98 Å². The zero-order valence-electron chi connectivity index (χ0n) is 26.3. The lowest BCUT2D eigenvalue weighted by Gasteiger charge is -2.21. The maximum atomic E-state index is 15.9. The number of aryl methyl sites for hydroxylation is 1. The molecule has 0 radical (unpaired) electrons. The number of benzene rings is 3. The number of likely N-dealkylation sites (N-methyl/N-ethyl adjacent to an activating group) is 2. The Morgan fingerprint density at radius 1 is 0.957 bits per heavy atom. The van der Waals surface area contributed by atoms with E-state index in [4.69, 9.17) is 0 Å². The van der Waals surface area contributed by atoms with E-state index in [-0.39, 0.29) is 34.1 Å². The number of hydrogen-bond acceptors (Lipinski definition) is 9. The van der Waals surface area contributed by atoms with Crippen LogP contribution in [0.15, 0.2) is 85.2 Å². The Balaban J connectivity index is 1.51. The van der Waals surface area contributed by atoms with Crippen molar-refractivity contribution in [3.63, 3.8) is 0 Å². The fourth-order valence-corrected chi connectivity index (χ4v) is 6.98. The molecule has 0 atom stereocenters. The van der Waals surface area contributed by atoms with Crippen molar-refractivity contribution in [2.24, 2.45) is 7.05 Å². The van der Waals surface area contributed by atoms with Crippen molar-refractivity contribution in [2.45, 2.75) is 5.75 Å². The molecule has 3 aromatic carbocycles. The van der Waals surface area contributed by atoms with Crippen molar-refractivity contribution in [2.75, 3.05) is 44.4 Å². The second-order valence-corrected chi connectivity index (χ2v) is 13.4. The number of nitrogens with zero attached hydrogens (tertiary/aromatic N) is 7. The largest absolute Gasteiger partial charge is 0.368 e. The van der Waals surface area contributed by atoms with Crippen molar-refractivity contribution in [1.82, 2.24) is 23.4 Å². The molecule has 6 aromatic rings. The van der Waals surface area contributed by atoms with Gasteiger partial charge < -0.3 is 19.7 Å². The molecule has 3 heterocycles. The Labute approximate surface area is 270 Å². The summed E-state index contributed by atoms with van der Waals surface area (Å²) in [6, 6.07) is 20.8. The lowest BCUT2D eigenvalue weighted by molar-refractivity contribution is -0.384. The van der Waals surface area contributed by atoms with Gasteiger partial charge in [0.2, 0.25) is 16.0 Å². The molecule has 0 aliphatic carbocycles. The molecule has 14 heteroatoms. The zero-order chi connectivity index (χ0) is 33.5. The summed E-state index contributed by atoms with van der Waals surface area (Å²) in [6.07, 6.45) is 2.72. The van der Waals surface area contributed by atoms with Gasteiger partial charge in [-0.05, 0) is 37.9 Å². The SMILES string of the molecule is CN(C)CCN(C)c1ccc(Nc2nc(-c3cn(C)c4ccccc34)c3c(F)cn(S(=O)(=O)Cc4ccccc4)c3n2)cc1[N+](=O)[O-]. The van der Waals surface area contributed by atoms with Crippen LogP contribution >= 0.6 is 0 Å². The van der Waals surface area contributed by atoms with Crippen molar-refractivity contribution in [3.05, 3.63) is 107 Å². The van der Waals surface area contributed by atoms with Crippen LogP contribution in [0.5, 0.6) is 0 Å². The molecule has 242 valence electrons. The first kappa shape index (κ1) is 31.6. The Bertz CT molecular complexity index is 2230. The molecular weight excluding hydrogens is 623 g/mol. The van der Waals surface area contributed by atoms with Gasteiger partial charge in [-0.3, -0.25) is 10.1 Å². The van der Waals surface area contributed by atoms with E-state index in [0.29, 0.717) is 35.6 Å². The molecule has 0 aliphatic rings. The molecule has 0 spiro atoms. The number of rotatable bonds is 11. The number of fused-ring (bicyclic) bond motifs is 2. The van der Waals surface area contributed by atoms with Crippen LogP contribution in [0.2, 0.25) is 0 Å². The molecule has 0 aliphatic heterocycles. The van der Waals surface area contributed by atoms with Crippen LogP contribution in [0.3, 0.4) is 0 Å². The third-order valence-electron chi connectivity index (χ3n) is 7.93. The topological polar surface area (TPSA) is 131 Å². The number of halogens is 1. The highest BCUT2D eigenvalue weighted by atomic mass is 32.2. The molecular formula is C33H33FN8O4S. The van der Waals surface area contributed by atoms with Gasteiger partial charge in [-0.15, -0.1) is 0 Å². The van der Waals surface area contributed by atoms with E-state index in [2.05, 4.69) is 15.3 Å². The first-order valence-corrected chi connectivity index (χ1v) is 16.4. The molecule has 1 N–H and O–H groups in total. The van der Waals surface area contributed by atoms with Gasteiger partial charge in [0.25, 0.3) is 5.69 Å². The lowest BCUT2D eigenvalue weighted by atomic mass is 10.1. The fraction of sp³-hybridized carbons (Fsp3) is 0.212. The Morgan fingerprint density at radius 3 is 2.40 bits per heavy atom. The summed E-state index contributed by atoms with van der Waals surface area (Å²) in [6.45, 7) is 1.26. The molecule has 0 unspecified atom stereocenters. The maximum absolute atomic E-state index is 15.9. The number of hydrogen-bond donors (Lipinski definition) is 1. The average Bonchev–Trinajstić information content (AvgIpc) is 3.56. The van der Waals surface area contributed by atoms with E-state index in [0.717, 1.165) is 21.1 Å². The minimum atomic E-state index is -4.13. The number of para-hydroxylation sites is 1. The number of aromatic nitrogens is 4. The van der Waals surface area contributed by atoms with Crippen LogP contribution in [-0.4, -0.2) is 71.0 Å². The molecule has 6 rings (SSSR count). The number of nitro benzene ring substituents is 1. The van der Waals surface area contributed by atoms with Crippen LogP contribution in [-0.2, 0) is 22.8 Å². The highest BCUT2D eigenvalue weighted by Crippen LogP contribution is 2.37. The third-order valence-corrected chi connectivity index (χ3v) is 9.51. The van der Waals surface area contributed by atoms with Crippen LogP contribution in [0.1, 0.15) is 5.56 Å². The van der Waals surface area contributed by atoms with Crippen molar-refractivity contribution in [3.8, 4) is 11.3 Å². The van der Waals surface area contributed by atoms with Crippen LogP contribution in [0.25, 0.3) is 33.2 Å². The summed E-state index contributed by atoms with van der Waals surface area (Å²) in [5.74, 6) is -1.24. The quantitative estimate of drug-likeness (QED) is 0.137. The summed E-state index contributed by atoms with van der Waals surface area (Å²) in [7, 11) is 3.35. The van der Waals surface area contributed by atoms with E-state index in [9.17, 15) is 18.5 Å². The van der Waals surface area contributed by atoms with Gasteiger partial charge in [0.1, 0.15) is 5.69 Å². The maximum Gasteiger partial charge on any atom is 0.294 e. The summed E-state index contributed by atoms with van der Waals surface area (Å²) in [4.78, 5) is 24.6. The number of nitrogens with one attached hydrogen (secondary N) is 1. The normalized spacial score (nSPS) is 11.9. The molecule has 0 fully saturated rings. The second-order valence-electron chi connectivity index (χ2n) is 11.6. The molecule has 12 nitrogen and oxygen atoms in total. The van der Waals surface area contributed by atoms with Gasteiger partial charge in [0.05, 0.1) is 28.0 Å². The molecule has 0 bridgehead atoms. The lowest BCUT2D eigenvalue weighted by Crippen LogP contribution is -2.28. The first-order chi connectivity index (χ1) is 22.4. The second kappa shape index (κ2) is 12.5. The van der Waals surface area contributed by atoms with Crippen molar-refractivity contribution < 1.29 is 17.7 Å². The average molecular weight is 657 g/mol. The zero-order valence-corrected chi connectivity index (χ0v) is 27.1. The van der Waals surface area contributed by atoms with Gasteiger partial charge in [0, 0.05) is 61.6 Å². The number of anilines is 3. The summed E-state index contributed by atoms with van der Waals surface area (Å²) in [5, 5.41) is 15.8. The molecule has 47 heavy (non-hydrogen) atoms. The van der Waals surface area contributed by atoms with E-state index in [1.54, 1.807) is 60.6 Å². The van der Waals surface area contributed by atoms with Crippen molar-refractivity contribution >= 4 is 55.0 Å². The van der Waals surface area contributed by atoms with Gasteiger partial charge in [-0.25, -0.2) is 21.8 Å². The predicted molar refractivity (Wildman–Crippen MR) is 182 cm³/mol. The highest BCUT2D eigenvalue weighted by molar-refractivity contribution is 7.89.